The fourth-order valence-electron chi connectivity index (χ4n) is 1.50. The molecule has 0 amide bonds. The van der Waals surface area contributed by atoms with Gasteiger partial charge in [-0.15, -0.1) is 0 Å². The Morgan fingerprint density at radius 1 is 1.21 bits per heavy atom. The van der Waals surface area contributed by atoms with Gasteiger partial charge in [0.2, 0.25) is 5.88 Å². The zero-order valence-electron chi connectivity index (χ0n) is 12.9. The van der Waals surface area contributed by atoms with Crippen molar-refractivity contribution in [1.82, 2.24) is 9.97 Å². The van der Waals surface area contributed by atoms with Crippen molar-refractivity contribution < 1.29 is 4.74 Å². The molecule has 0 aliphatic carbocycles. The summed E-state index contributed by atoms with van der Waals surface area (Å²) in [5.41, 5.74) is 0. The number of ether oxygens (including phenoxy) is 1. The predicted octanol–water partition coefficient (Wildman–Crippen LogP) is 3.85. The summed E-state index contributed by atoms with van der Waals surface area (Å²) in [5.74, 6) is 3.26. The number of nitrogens with zero attached hydrogens (tertiary/aromatic N) is 2. The molecule has 0 radical (unpaired) electrons. The Bertz CT molecular complexity index is 378. The van der Waals surface area contributed by atoms with E-state index in [9.17, 15) is 0 Å². The monoisotopic (exact) mass is 265 g/mol. The molecule has 4 nitrogen and oxygen atoms in total. The highest BCUT2D eigenvalue weighted by atomic mass is 16.5. The first kappa shape index (κ1) is 15.7. The van der Waals surface area contributed by atoms with Crippen LogP contribution < -0.4 is 10.1 Å². The van der Waals surface area contributed by atoms with Crippen molar-refractivity contribution in [3.8, 4) is 5.88 Å². The SMILES string of the molecule is CCCCOc1cc(NCC(C)C)nc(C(C)C)n1. The Morgan fingerprint density at radius 2 is 1.95 bits per heavy atom. The van der Waals surface area contributed by atoms with E-state index in [-0.39, 0.29) is 0 Å². The first-order chi connectivity index (χ1) is 9.02. The zero-order chi connectivity index (χ0) is 14.3. The molecule has 0 atom stereocenters. The summed E-state index contributed by atoms with van der Waals surface area (Å²) in [6.07, 6.45) is 2.18. The molecular weight excluding hydrogens is 238 g/mol. The van der Waals surface area contributed by atoms with Gasteiger partial charge in [0.15, 0.2) is 0 Å². The fourth-order valence-corrected chi connectivity index (χ4v) is 1.50. The van der Waals surface area contributed by atoms with E-state index in [1.165, 1.54) is 0 Å². The van der Waals surface area contributed by atoms with Crippen molar-refractivity contribution in [2.75, 3.05) is 18.5 Å². The van der Waals surface area contributed by atoms with Crippen molar-refractivity contribution in [3.05, 3.63) is 11.9 Å². The van der Waals surface area contributed by atoms with Gasteiger partial charge < -0.3 is 10.1 Å². The second-order valence-corrected chi connectivity index (χ2v) is 5.58. The Labute approximate surface area is 117 Å². The molecule has 0 bridgehead atoms. The van der Waals surface area contributed by atoms with Gasteiger partial charge in [-0.3, -0.25) is 0 Å². The van der Waals surface area contributed by atoms with Crippen LogP contribution in [0.5, 0.6) is 5.88 Å². The van der Waals surface area contributed by atoms with Gasteiger partial charge in [0, 0.05) is 18.5 Å². The average molecular weight is 265 g/mol. The minimum Gasteiger partial charge on any atom is -0.478 e. The molecular formula is C15H27N3O. The standard InChI is InChI=1S/C15H27N3O/c1-6-7-8-19-14-9-13(16-10-11(2)3)17-15(18-14)12(4)5/h9,11-12H,6-8,10H2,1-5H3,(H,16,17,18). The minimum atomic E-state index is 0.300. The molecule has 0 aliphatic rings. The molecule has 0 aliphatic heterocycles. The van der Waals surface area contributed by atoms with Gasteiger partial charge in [0.25, 0.3) is 0 Å². The molecule has 1 aromatic heterocycles. The third kappa shape index (κ3) is 5.90. The molecule has 1 heterocycles. The van der Waals surface area contributed by atoms with Crippen LogP contribution in [-0.4, -0.2) is 23.1 Å². The second-order valence-electron chi connectivity index (χ2n) is 5.58. The number of aromatic nitrogens is 2. The summed E-state index contributed by atoms with van der Waals surface area (Å²) in [7, 11) is 0. The van der Waals surface area contributed by atoms with Gasteiger partial charge >= 0.3 is 0 Å². The van der Waals surface area contributed by atoms with E-state index in [1.807, 2.05) is 6.07 Å². The van der Waals surface area contributed by atoms with E-state index in [0.29, 0.717) is 24.3 Å². The Kier molecular flexibility index (Phi) is 6.60. The molecule has 19 heavy (non-hydrogen) atoms. The van der Waals surface area contributed by atoms with Crippen LogP contribution in [0.4, 0.5) is 5.82 Å². The number of hydrogen-bond acceptors (Lipinski definition) is 4. The Hall–Kier alpha value is -1.32. The lowest BCUT2D eigenvalue weighted by Crippen LogP contribution is -2.12. The first-order valence-corrected chi connectivity index (χ1v) is 7.28. The van der Waals surface area contributed by atoms with Crippen LogP contribution in [-0.2, 0) is 0 Å². The smallest absolute Gasteiger partial charge is 0.218 e. The van der Waals surface area contributed by atoms with E-state index in [2.05, 4.69) is 49.9 Å². The normalized spacial score (nSPS) is 11.1. The lowest BCUT2D eigenvalue weighted by atomic mass is 10.2. The van der Waals surface area contributed by atoms with Crippen LogP contribution in [0.15, 0.2) is 6.07 Å². The van der Waals surface area contributed by atoms with Gasteiger partial charge in [0.05, 0.1) is 6.61 Å². The van der Waals surface area contributed by atoms with E-state index >= 15 is 0 Å². The van der Waals surface area contributed by atoms with Crippen LogP contribution in [0.25, 0.3) is 0 Å². The molecule has 0 aromatic carbocycles. The van der Waals surface area contributed by atoms with Crippen LogP contribution in [0.1, 0.15) is 59.2 Å². The molecule has 108 valence electrons. The van der Waals surface area contributed by atoms with E-state index in [0.717, 1.165) is 31.0 Å². The van der Waals surface area contributed by atoms with E-state index in [4.69, 9.17) is 4.74 Å². The molecule has 0 spiro atoms. The number of nitrogens with one attached hydrogen (secondary N) is 1. The highest BCUT2D eigenvalue weighted by molar-refractivity contribution is 5.38. The lowest BCUT2D eigenvalue weighted by molar-refractivity contribution is 0.296. The molecule has 0 unspecified atom stereocenters. The minimum absolute atomic E-state index is 0.300. The van der Waals surface area contributed by atoms with Crippen molar-refractivity contribution in [2.24, 2.45) is 5.92 Å². The third-order valence-corrected chi connectivity index (χ3v) is 2.68. The molecule has 0 saturated carbocycles. The van der Waals surface area contributed by atoms with Crippen LogP contribution in [0.3, 0.4) is 0 Å². The van der Waals surface area contributed by atoms with Gasteiger partial charge in [-0.05, 0) is 12.3 Å². The number of rotatable bonds is 8. The zero-order valence-corrected chi connectivity index (χ0v) is 12.9. The summed E-state index contributed by atoms with van der Waals surface area (Å²) >= 11 is 0. The highest BCUT2D eigenvalue weighted by Crippen LogP contribution is 2.19. The maximum atomic E-state index is 5.69. The van der Waals surface area contributed by atoms with Gasteiger partial charge in [-0.2, -0.15) is 4.98 Å². The average Bonchev–Trinajstić information content (AvgIpc) is 2.36. The van der Waals surface area contributed by atoms with Crippen molar-refractivity contribution in [1.29, 1.82) is 0 Å². The van der Waals surface area contributed by atoms with Crippen LogP contribution in [0, 0.1) is 5.92 Å². The van der Waals surface area contributed by atoms with Crippen LogP contribution in [0.2, 0.25) is 0 Å². The Morgan fingerprint density at radius 3 is 2.53 bits per heavy atom. The molecule has 1 aromatic rings. The molecule has 1 N–H and O–H groups in total. The maximum Gasteiger partial charge on any atom is 0.218 e. The predicted molar refractivity (Wildman–Crippen MR) is 79.9 cm³/mol. The second kappa shape index (κ2) is 7.97. The van der Waals surface area contributed by atoms with Gasteiger partial charge in [-0.1, -0.05) is 41.0 Å². The van der Waals surface area contributed by atoms with E-state index in [1.54, 1.807) is 0 Å². The summed E-state index contributed by atoms with van der Waals surface area (Å²) in [5, 5.41) is 3.34. The summed E-state index contributed by atoms with van der Waals surface area (Å²) in [6.45, 7) is 12.3. The molecule has 0 saturated heterocycles. The summed E-state index contributed by atoms with van der Waals surface area (Å²) in [4.78, 5) is 8.99. The van der Waals surface area contributed by atoms with Crippen LogP contribution >= 0.6 is 0 Å². The van der Waals surface area contributed by atoms with Gasteiger partial charge in [0.1, 0.15) is 11.6 Å². The summed E-state index contributed by atoms with van der Waals surface area (Å²) < 4.78 is 5.69. The quantitative estimate of drug-likeness (QED) is 0.725. The maximum absolute atomic E-state index is 5.69. The molecule has 1 rings (SSSR count). The largest absolute Gasteiger partial charge is 0.478 e. The third-order valence-electron chi connectivity index (χ3n) is 2.68. The highest BCUT2D eigenvalue weighted by Gasteiger charge is 2.09. The van der Waals surface area contributed by atoms with Crippen molar-refractivity contribution >= 4 is 5.82 Å². The van der Waals surface area contributed by atoms with Crippen molar-refractivity contribution in [2.45, 2.75) is 53.4 Å². The van der Waals surface area contributed by atoms with Gasteiger partial charge in [-0.25, -0.2) is 4.98 Å². The number of anilines is 1. The fraction of sp³-hybridized carbons (Fsp3) is 0.733. The number of unbranched alkanes of at least 4 members (excludes halogenated alkanes) is 1. The Balaban J connectivity index is 2.78. The molecule has 0 fully saturated rings. The van der Waals surface area contributed by atoms with Crippen molar-refractivity contribution in [3.63, 3.8) is 0 Å². The van der Waals surface area contributed by atoms with E-state index < -0.39 is 0 Å². The summed E-state index contributed by atoms with van der Waals surface area (Å²) in [6, 6.07) is 1.89. The lowest BCUT2D eigenvalue weighted by Gasteiger charge is -2.13. The number of hydrogen-bond donors (Lipinski definition) is 1. The first-order valence-electron chi connectivity index (χ1n) is 7.28. The topological polar surface area (TPSA) is 47.0 Å². The molecule has 4 heteroatoms.